The van der Waals surface area contributed by atoms with E-state index >= 15 is 0 Å². The molecule has 3 rings (SSSR count). The van der Waals surface area contributed by atoms with Crippen molar-refractivity contribution >= 4 is 28.9 Å². The highest BCUT2D eigenvalue weighted by Crippen LogP contribution is 2.20. The van der Waals surface area contributed by atoms with Crippen molar-refractivity contribution < 1.29 is 9.59 Å². The van der Waals surface area contributed by atoms with Gasteiger partial charge in [-0.3, -0.25) is 9.59 Å². The van der Waals surface area contributed by atoms with Crippen LogP contribution in [-0.2, 0) is 9.59 Å². The van der Waals surface area contributed by atoms with Crippen molar-refractivity contribution in [2.24, 2.45) is 0 Å². The molecule has 1 N–H and O–H groups in total. The van der Waals surface area contributed by atoms with Gasteiger partial charge in [-0.1, -0.05) is 12.1 Å². The van der Waals surface area contributed by atoms with Gasteiger partial charge in [0, 0.05) is 63.1 Å². The zero-order valence-corrected chi connectivity index (χ0v) is 17.5. The van der Waals surface area contributed by atoms with Crippen molar-refractivity contribution in [3.05, 3.63) is 54.1 Å². The second-order valence-corrected chi connectivity index (χ2v) is 7.65. The number of amides is 2. The molecular weight excluding hydrogens is 364 g/mol. The minimum absolute atomic E-state index is 0.0695. The van der Waals surface area contributed by atoms with Crippen molar-refractivity contribution in [1.29, 1.82) is 0 Å². The molecule has 2 aromatic carbocycles. The lowest BCUT2D eigenvalue weighted by atomic mass is 10.2. The summed E-state index contributed by atoms with van der Waals surface area (Å²) >= 11 is 0. The van der Waals surface area contributed by atoms with Crippen LogP contribution >= 0.6 is 0 Å². The predicted molar refractivity (Wildman–Crippen MR) is 119 cm³/mol. The molecule has 6 nitrogen and oxygen atoms in total. The summed E-state index contributed by atoms with van der Waals surface area (Å²) in [5.74, 6) is -0.170. The molecule has 1 heterocycles. The summed E-state index contributed by atoms with van der Waals surface area (Å²) in [5, 5.41) is 2.93. The van der Waals surface area contributed by atoms with Crippen LogP contribution in [0.1, 0.15) is 18.9 Å². The van der Waals surface area contributed by atoms with E-state index in [-0.39, 0.29) is 18.2 Å². The molecule has 1 fully saturated rings. The number of carbonyl (C=O) groups excluding carboxylic acids is 2. The number of nitrogens with zero attached hydrogens (tertiary/aromatic N) is 3. The summed E-state index contributed by atoms with van der Waals surface area (Å²) in [6.45, 7) is 8.02. The van der Waals surface area contributed by atoms with Crippen LogP contribution < -0.4 is 15.1 Å². The molecule has 0 aromatic heterocycles. The van der Waals surface area contributed by atoms with Gasteiger partial charge < -0.3 is 20.0 Å². The van der Waals surface area contributed by atoms with Crippen molar-refractivity contribution in [3.63, 3.8) is 0 Å². The maximum Gasteiger partial charge on any atom is 0.226 e. The van der Waals surface area contributed by atoms with Crippen LogP contribution in [-0.4, -0.2) is 56.5 Å². The predicted octanol–water partition coefficient (Wildman–Crippen LogP) is 3.13. The molecule has 1 aliphatic heterocycles. The maximum absolute atomic E-state index is 12.4. The third kappa shape index (κ3) is 5.81. The molecule has 0 atom stereocenters. The number of benzene rings is 2. The van der Waals surface area contributed by atoms with Crippen molar-refractivity contribution in [1.82, 2.24) is 4.90 Å². The fourth-order valence-corrected chi connectivity index (χ4v) is 3.52. The molecule has 6 heteroatoms. The lowest BCUT2D eigenvalue weighted by Crippen LogP contribution is -2.44. The van der Waals surface area contributed by atoms with Crippen LogP contribution in [0.25, 0.3) is 0 Å². The first kappa shape index (κ1) is 20.9. The zero-order chi connectivity index (χ0) is 20.8. The third-order valence-electron chi connectivity index (χ3n) is 5.28. The highest BCUT2D eigenvalue weighted by atomic mass is 16.2. The van der Waals surface area contributed by atoms with E-state index in [2.05, 4.69) is 34.3 Å². The molecular formula is C23H30N4O2. The number of hydrogen-bond donors (Lipinski definition) is 1. The number of aryl methyl sites for hydroxylation is 1. The van der Waals surface area contributed by atoms with E-state index in [1.54, 1.807) is 4.90 Å². The monoisotopic (exact) mass is 394 g/mol. The minimum atomic E-state index is -0.101. The van der Waals surface area contributed by atoms with Gasteiger partial charge in [-0.05, 0) is 55.9 Å². The molecule has 1 aliphatic rings. The average molecular weight is 395 g/mol. The summed E-state index contributed by atoms with van der Waals surface area (Å²) < 4.78 is 0. The Morgan fingerprint density at radius 3 is 2.34 bits per heavy atom. The first-order valence-electron chi connectivity index (χ1n) is 10.1. The Morgan fingerprint density at radius 1 is 1.03 bits per heavy atom. The Bertz CT molecular complexity index is 842. The van der Waals surface area contributed by atoms with Gasteiger partial charge in [0.2, 0.25) is 11.8 Å². The van der Waals surface area contributed by atoms with Crippen LogP contribution in [0.5, 0.6) is 0 Å². The van der Waals surface area contributed by atoms with Crippen LogP contribution in [0, 0.1) is 6.92 Å². The smallest absolute Gasteiger partial charge is 0.226 e. The van der Waals surface area contributed by atoms with Gasteiger partial charge in [0.25, 0.3) is 0 Å². The van der Waals surface area contributed by atoms with E-state index in [1.807, 2.05) is 43.3 Å². The summed E-state index contributed by atoms with van der Waals surface area (Å²) in [5.41, 5.74) is 3.86. The number of anilines is 3. The van der Waals surface area contributed by atoms with Crippen molar-refractivity contribution in [2.75, 3.05) is 54.9 Å². The number of likely N-dealkylation sites (N-methyl/N-ethyl adjacent to an activating group) is 1. The Balaban J connectivity index is 1.54. The van der Waals surface area contributed by atoms with Crippen LogP contribution in [0.15, 0.2) is 48.5 Å². The van der Waals surface area contributed by atoms with Gasteiger partial charge in [-0.15, -0.1) is 0 Å². The summed E-state index contributed by atoms with van der Waals surface area (Å²) in [4.78, 5) is 30.7. The average Bonchev–Trinajstić information content (AvgIpc) is 2.69. The van der Waals surface area contributed by atoms with Gasteiger partial charge in [0.1, 0.15) is 0 Å². The Hall–Kier alpha value is -2.86. The number of nitrogens with one attached hydrogen (secondary N) is 1. The lowest BCUT2D eigenvalue weighted by molar-refractivity contribution is -0.117. The van der Waals surface area contributed by atoms with Crippen LogP contribution in [0.3, 0.4) is 0 Å². The fourth-order valence-electron chi connectivity index (χ4n) is 3.52. The summed E-state index contributed by atoms with van der Waals surface area (Å²) in [6, 6.07) is 15.7. The SMILES string of the molecule is CC(=O)N(CCC(=O)Nc1ccc(N2CCN(C)CC2)cc1)c1cccc(C)c1. The van der Waals surface area contributed by atoms with E-state index in [0.29, 0.717) is 6.54 Å². The Labute approximate surface area is 173 Å². The first-order chi connectivity index (χ1) is 13.9. The standard InChI is InChI=1S/C23H30N4O2/c1-18-5-4-6-22(17-18)27(19(2)28)12-11-23(29)24-20-7-9-21(10-8-20)26-15-13-25(3)14-16-26/h4-10,17H,11-16H2,1-3H3,(H,24,29). The van der Waals surface area contributed by atoms with Gasteiger partial charge in [0.15, 0.2) is 0 Å². The number of rotatable bonds is 6. The molecule has 2 amide bonds. The van der Waals surface area contributed by atoms with E-state index < -0.39 is 0 Å². The molecule has 0 saturated carbocycles. The van der Waals surface area contributed by atoms with Crippen molar-refractivity contribution in [3.8, 4) is 0 Å². The molecule has 154 valence electrons. The molecule has 0 spiro atoms. The highest BCUT2D eigenvalue weighted by molar-refractivity contribution is 5.94. The molecule has 0 aliphatic carbocycles. The summed E-state index contributed by atoms with van der Waals surface area (Å²) in [7, 11) is 2.14. The molecule has 0 unspecified atom stereocenters. The largest absolute Gasteiger partial charge is 0.369 e. The molecule has 0 bridgehead atoms. The second kappa shape index (κ2) is 9.56. The van der Waals surface area contributed by atoms with Crippen molar-refractivity contribution in [2.45, 2.75) is 20.3 Å². The van der Waals surface area contributed by atoms with E-state index in [0.717, 1.165) is 43.1 Å². The number of piperazine rings is 1. The van der Waals surface area contributed by atoms with Gasteiger partial charge in [-0.2, -0.15) is 0 Å². The fraction of sp³-hybridized carbons (Fsp3) is 0.391. The second-order valence-electron chi connectivity index (χ2n) is 7.65. The maximum atomic E-state index is 12.4. The quantitative estimate of drug-likeness (QED) is 0.818. The van der Waals surface area contributed by atoms with E-state index in [4.69, 9.17) is 0 Å². The normalized spacial score (nSPS) is 14.5. The third-order valence-corrected chi connectivity index (χ3v) is 5.28. The highest BCUT2D eigenvalue weighted by Gasteiger charge is 2.15. The van der Waals surface area contributed by atoms with Gasteiger partial charge >= 0.3 is 0 Å². The molecule has 1 saturated heterocycles. The molecule has 29 heavy (non-hydrogen) atoms. The van der Waals surface area contributed by atoms with Gasteiger partial charge in [0.05, 0.1) is 0 Å². The molecule has 0 radical (unpaired) electrons. The Morgan fingerprint density at radius 2 is 1.72 bits per heavy atom. The Kier molecular flexibility index (Phi) is 6.88. The van der Waals surface area contributed by atoms with Crippen LogP contribution in [0.4, 0.5) is 17.1 Å². The topological polar surface area (TPSA) is 55.9 Å². The van der Waals surface area contributed by atoms with E-state index in [1.165, 1.54) is 12.6 Å². The number of hydrogen-bond acceptors (Lipinski definition) is 4. The zero-order valence-electron chi connectivity index (χ0n) is 17.5. The van der Waals surface area contributed by atoms with E-state index in [9.17, 15) is 9.59 Å². The van der Waals surface area contributed by atoms with Crippen LogP contribution in [0.2, 0.25) is 0 Å². The molecule has 2 aromatic rings. The van der Waals surface area contributed by atoms with Gasteiger partial charge in [-0.25, -0.2) is 0 Å². The summed E-state index contributed by atoms with van der Waals surface area (Å²) in [6.07, 6.45) is 0.244. The number of carbonyl (C=O) groups is 2. The lowest BCUT2D eigenvalue weighted by Gasteiger charge is -2.34. The first-order valence-corrected chi connectivity index (χ1v) is 10.1. The minimum Gasteiger partial charge on any atom is -0.369 e.